The summed E-state index contributed by atoms with van der Waals surface area (Å²) in [7, 11) is 0. The van der Waals surface area contributed by atoms with Crippen LogP contribution in [0.4, 0.5) is 4.39 Å². The quantitative estimate of drug-likeness (QED) is 0.720. The van der Waals surface area contributed by atoms with Crippen LogP contribution in [0, 0.1) is 5.82 Å². The molecule has 0 aliphatic carbocycles. The van der Waals surface area contributed by atoms with Gasteiger partial charge in [0.25, 0.3) is 0 Å². The highest BCUT2D eigenvalue weighted by molar-refractivity contribution is 5.69. The fourth-order valence-corrected chi connectivity index (χ4v) is 2.63. The summed E-state index contributed by atoms with van der Waals surface area (Å²) in [6.45, 7) is 0.793. The van der Waals surface area contributed by atoms with Crippen molar-refractivity contribution in [3.05, 3.63) is 90.2 Å². The number of aromatic amines is 1. The number of oxazole rings is 1. The molecule has 3 heterocycles. The van der Waals surface area contributed by atoms with Gasteiger partial charge in [-0.3, -0.25) is 5.10 Å². The summed E-state index contributed by atoms with van der Waals surface area (Å²) in [6.07, 6.45) is 17.3. The second-order valence-corrected chi connectivity index (χ2v) is 5.91. The van der Waals surface area contributed by atoms with E-state index in [-0.39, 0.29) is 5.82 Å². The molecule has 1 aromatic carbocycles. The van der Waals surface area contributed by atoms with Gasteiger partial charge >= 0.3 is 0 Å². The number of nitrogens with zero attached hydrogens (tertiary/aromatic N) is 2. The molecule has 27 heavy (non-hydrogen) atoms. The van der Waals surface area contributed by atoms with Crippen molar-refractivity contribution in [1.82, 2.24) is 20.5 Å². The first-order valence-electron chi connectivity index (χ1n) is 8.50. The van der Waals surface area contributed by atoms with Crippen LogP contribution in [0.3, 0.4) is 0 Å². The molecule has 6 heteroatoms. The first kappa shape index (κ1) is 16.8. The summed E-state index contributed by atoms with van der Waals surface area (Å²) < 4.78 is 18.9. The van der Waals surface area contributed by atoms with Crippen molar-refractivity contribution in [1.29, 1.82) is 0 Å². The highest BCUT2D eigenvalue weighted by Gasteiger charge is 2.13. The molecule has 0 unspecified atom stereocenters. The topological polar surface area (TPSA) is 66.7 Å². The molecule has 4 rings (SSSR count). The lowest BCUT2D eigenvalue weighted by molar-refractivity contribution is 0.585. The van der Waals surface area contributed by atoms with Gasteiger partial charge in [0.1, 0.15) is 11.5 Å². The first-order chi connectivity index (χ1) is 13.3. The lowest BCUT2D eigenvalue weighted by Gasteiger charge is -2.00. The van der Waals surface area contributed by atoms with Crippen molar-refractivity contribution in [2.24, 2.45) is 0 Å². The second kappa shape index (κ2) is 7.70. The smallest absolute Gasteiger partial charge is 0.245 e. The molecule has 1 aliphatic heterocycles. The minimum Gasteiger partial charge on any atom is -0.435 e. The Labute approximate surface area is 155 Å². The van der Waals surface area contributed by atoms with E-state index in [0.29, 0.717) is 17.3 Å². The van der Waals surface area contributed by atoms with E-state index in [4.69, 9.17) is 4.42 Å². The molecule has 0 bridgehead atoms. The average Bonchev–Trinajstić information content (AvgIpc) is 3.30. The zero-order chi connectivity index (χ0) is 18.5. The maximum absolute atomic E-state index is 13.1. The molecule has 2 N–H and O–H groups in total. The Bertz CT molecular complexity index is 1040. The van der Waals surface area contributed by atoms with E-state index in [0.717, 1.165) is 23.2 Å². The third-order valence-corrected chi connectivity index (χ3v) is 4.01. The minimum atomic E-state index is -0.290. The van der Waals surface area contributed by atoms with Crippen molar-refractivity contribution in [3.8, 4) is 22.9 Å². The SMILES string of the molecule is Fc1ccc(-c2cnc(-c3[nH]ncc3/C=C/C3=C/NC/C=C/C=C\3)o2)cc1. The number of aromatic nitrogens is 3. The molecule has 0 radical (unpaired) electrons. The molecule has 0 saturated heterocycles. The average molecular weight is 360 g/mol. The molecular formula is C21H17FN4O. The molecule has 0 atom stereocenters. The molecule has 0 fully saturated rings. The largest absolute Gasteiger partial charge is 0.435 e. The maximum atomic E-state index is 13.1. The van der Waals surface area contributed by atoms with Crippen LogP contribution in [0.5, 0.6) is 0 Å². The molecule has 1 aliphatic rings. The van der Waals surface area contributed by atoms with Crippen LogP contribution in [-0.2, 0) is 0 Å². The van der Waals surface area contributed by atoms with E-state index in [2.05, 4.69) is 20.5 Å². The zero-order valence-electron chi connectivity index (χ0n) is 14.4. The highest BCUT2D eigenvalue weighted by Crippen LogP contribution is 2.27. The standard InChI is InChI=1S/C21H17FN4O/c22-18-9-7-16(8-10-18)19-14-24-21(27-19)20-17(13-25-26-20)6-5-15-4-2-1-3-11-23-12-15/h1-10,12-14,23H,11H2,(H,25,26)/b3-1+,4-2-,6-5+,15-12+. The van der Waals surface area contributed by atoms with E-state index < -0.39 is 0 Å². The molecule has 0 spiro atoms. The summed E-state index contributed by atoms with van der Waals surface area (Å²) in [5.41, 5.74) is 3.33. The number of halogens is 1. The van der Waals surface area contributed by atoms with Crippen molar-refractivity contribution in [2.75, 3.05) is 6.54 Å². The Morgan fingerprint density at radius 3 is 2.85 bits per heavy atom. The van der Waals surface area contributed by atoms with Crippen LogP contribution < -0.4 is 5.32 Å². The van der Waals surface area contributed by atoms with E-state index in [1.54, 1.807) is 24.5 Å². The lowest BCUT2D eigenvalue weighted by Crippen LogP contribution is -2.05. The Hall–Kier alpha value is -3.67. The van der Waals surface area contributed by atoms with Crippen LogP contribution in [-0.4, -0.2) is 21.7 Å². The molecule has 134 valence electrons. The van der Waals surface area contributed by atoms with Crippen LogP contribution in [0.2, 0.25) is 0 Å². The number of allylic oxidation sites excluding steroid dienone is 5. The van der Waals surface area contributed by atoms with Gasteiger partial charge in [-0.2, -0.15) is 5.10 Å². The summed E-state index contributed by atoms with van der Waals surface area (Å²) in [4.78, 5) is 4.32. The summed E-state index contributed by atoms with van der Waals surface area (Å²) >= 11 is 0. The predicted octanol–water partition coefficient (Wildman–Crippen LogP) is 4.48. The van der Waals surface area contributed by atoms with Crippen LogP contribution in [0.15, 0.2) is 83.2 Å². The monoisotopic (exact) mass is 360 g/mol. The summed E-state index contributed by atoms with van der Waals surface area (Å²) in [5.74, 6) is 0.702. The van der Waals surface area contributed by atoms with Crippen molar-refractivity contribution in [3.63, 3.8) is 0 Å². The number of nitrogens with one attached hydrogen (secondary N) is 2. The van der Waals surface area contributed by atoms with Gasteiger partial charge in [0.2, 0.25) is 5.89 Å². The Morgan fingerprint density at radius 1 is 1.07 bits per heavy atom. The van der Waals surface area contributed by atoms with Crippen molar-refractivity contribution in [2.45, 2.75) is 0 Å². The fraction of sp³-hybridized carbons (Fsp3) is 0.0476. The molecular weight excluding hydrogens is 343 g/mol. The normalized spacial score (nSPS) is 18.3. The van der Waals surface area contributed by atoms with Crippen molar-refractivity contribution >= 4 is 6.08 Å². The zero-order valence-corrected chi connectivity index (χ0v) is 14.4. The maximum Gasteiger partial charge on any atom is 0.245 e. The van der Waals surface area contributed by atoms with Crippen LogP contribution in [0.25, 0.3) is 29.0 Å². The minimum absolute atomic E-state index is 0.290. The number of H-pyrrole nitrogens is 1. The van der Waals surface area contributed by atoms with Gasteiger partial charge in [-0.15, -0.1) is 0 Å². The van der Waals surface area contributed by atoms with Gasteiger partial charge < -0.3 is 9.73 Å². The van der Waals surface area contributed by atoms with Gasteiger partial charge in [-0.05, 0) is 29.8 Å². The molecule has 0 amide bonds. The highest BCUT2D eigenvalue weighted by atomic mass is 19.1. The van der Waals surface area contributed by atoms with Gasteiger partial charge in [0.05, 0.1) is 12.4 Å². The Balaban J connectivity index is 1.58. The molecule has 0 saturated carbocycles. The van der Waals surface area contributed by atoms with Crippen LogP contribution in [0.1, 0.15) is 5.56 Å². The summed E-state index contributed by atoms with van der Waals surface area (Å²) in [5, 5.41) is 10.2. The van der Waals surface area contributed by atoms with Crippen LogP contribution >= 0.6 is 0 Å². The fourth-order valence-electron chi connectivity index (χ4n) is 2.63. The van der Waals surface area contributed by atoms with Gasteiger partial charge in [-0.1, -0.05) is 36.5 Å². The van der Waals surface area contributed by atoms with Gasteiger partial charge in [-0.25, -0.2) is 9.37 Å². The lowest BCUT2D eigenvalue weighted by atomic mass is 10.1. The number of hydrogen-bond donors (Lipinski definition) is 2. The van der Waals surface area contributed by atoms with Gasteiger partial charge in [0.15, 0.2) is 5.76 Å². The first-order valence-corrected chi connectivity index (χ1v) is 8.50. The summed E-state index contributed by atoms with van der Waals surface area (Å²) in [6, 6.07) is 6.09. The Morgan fingerprint density at radius 2 is 1.96 bits per heavy atom. The predicted molar refractivity (Wildman–Crippen MR) is 103 cm³/mol. The van der Waals surface area contributed by atoms with E-state index in [1.165, 1.54) is 12.1 Å². The molecule has 5 nitrogen and oxygen atoms in total. The van der Waals surface area contributed by atoms with E-state index in [1.807, 2.05) is 42.7 Å². The van der Waals surface area contributed by atoms with Crippen molar-refractivity contribution < 1.29 is 8.81 Å². The third-order valence-electron chi connectivity index (χ3n) is 4.01. The number of benzene rings is 1. The number of rotatable bonds is 4. The molecule has 3 aromatic rings. The molecule has 2 aromatic heterocycles. The number of hydrogen-bond acceptors (Lipinski definition) is 4. The third kappa shape index (κ3) is 3.95. The van der Waals surface area contributed by atoms with Gasteiger partial charge in [0, 0.05) is 23.9 Å². The van der Waals surface area contributed by atoms with E-state index in [9.17, 15) is 4.39 Å². The van der Waals surface area contributed by atoms with E-state index >= 15 is 0 Å². The second-order valence-electron chi connectivity index (χ2n) is 5.91. The Kier molecular flexibility index (Phi) is 4.78.